The maximum absolute atomic E-state index is 12.2. The fourth-order valence-corrected chi connectivity index (χ4v) is 2.70. The highest BCUT2D eigenvalue weighted by atomic mass is 16.6. The molecule has 132 valence electrons. The molecule has 0 saturated carbocycles. The average Bonchev–Trinajstić information content (AvgIpc) is 3.22. The Morgan fingerprint density at radius 1 is 1.08 bits per heavy atom. The van der Waals surface area contributed by atoms with Crippen LogP contribution >= 0.6 is 0 Å². The van der Waals surface area contributed by atoms with Crippen LogP contribution in [0.1, 0.15) is 12.0 Å². The second-order valence-corrected chi connectivity index (χ2v) is 5.83. The molecule has 0 atom stereocenters. The first-order valence-electron chi connectivity index (χ1n) is 8.30. The molecule has 2 heterocycles. The van der Waals surface area contributed by atoms with E-state index in [1.54, 1.807) is 4.68 Å². The van der Waals surface area contributed by atoms with Gasteiger partial charge in [0.15, 0.2) is 11.5 Å². The second kappa shape index (κ2) is 7.22. The maximum atomic E-state index is 12.2. The molecule has 0 radical (unpaired) electrons. The summed E-state index contributed by atoms with van der Waals surface area (Å²) >= 11 is 0. The molecule has 0 fully saturated rings. The molecule has 26 heavy (non-hydrogen) atoms. The van der Waals surface area contributed by atoms with Gasteiger partial charge in [-0.05, 0) is 58.8 Å². The van der Waals surface area contributed by atoms with Crippen molar-refractivity contribution in [3.8, 4) is 17.2 Å². The number of rotatable bonds is 5. The Morgan fingerprint density at radius 3 is 2.65 bits per heavy atom. The number of ether oxygens (including phenoxy) is 2. The standard InChI is InChI=1S/C18H17N5O3/c24-18(8-2-13-1-7-16-17(11-13)26-10-9-25-16)20-14-3-5-15(6-4-14)23-12-19-21-22-23/h1,3-7,11-12H,2,8-10H2,(H,20,24). The summed E-state index contributed by atoms with van der Waals surface area (Å²) in [5, 5.41) is 13.9. The fraction of sp³-hybridized carbons (Fsp3) is 0.222. The van der Waals surface area contributed by atoms with E-state index in [1.165, 1.54) is 6.33 Å². The number of carbonyl (C=O) groups is 1. The smallest absolute Gasteiger partial charge is 0.224 e. The number of aryl methyl sites for hydroxylation is 1. The van der Waals surface area contributed by atoms with Gasteiger partial charge in [0.25, 0.3) is 0 Å². The van der Waals surface area contributed by atoms with Crippen LogP contribution in [0, 0.1) is 0 Å². The lowest BCUT2D eigenvalue weighted by Gasteiger charge is -2.18. The molecule has 1 N–H and O–H groups in total. The SMILES string of the molecule is O=C(CCc1ccc2c(c1)OCCO2)Nc1ccc(-n2cnnn2)cc1. The minimum atomic E-state index is -0.0462. The molecule has 2 aromatic carbocycles. The average molecular weight is 351 g/mol. The lowest BCUT2D eigenvalue weighted by atomic mass is 10.1. The number of benzene rings is 2. The molecule has 1 aliphatic rings. The van der Waals surface area contributed by atoms with Gasteiger partial charge in [0.1, 0.15) is 19.5 Å². The van der Waals surface area contributed by atoms with E-state index in [2.05, 4.69) is 20.8 Å². The summed E-state index contributed by atoms with van der Waals surface area (Å²) in [5.41, 5.74) is 2.59. The van der Waals surface area contributed by atoms with Gasteiger partial charge in [-0.25, -0.2) is 4.68 Å². The van der Waals surface area contributed by atoms with Gasteiger partial charge >= 0.3 is 0 Å². The van der Waals surface area contributed by atoms with Crippen LogP contribution < -0.4 is 14.8 Å². The van der Waals surface area contributed by atoms with Crippen molar-refractivity contribution < 1.29 is 14.3 Å². The predicted octanol–water partition coefficient (Wildman–Crippen LogP) is 2.00. The number of nitrogens with one attached hydrogen (secondary N) is 1. The van der Waals surface area contributed by atoms with Gasteiger partial charge in [0.2, 0.25) is 5.91 Å². The van der Waals surface area contributed by atoms with E-state index >= 15 is 0 Å². The molecule has 0 saturated heterocycles. The van der Waals surface area contributed by atoms with Crippen molar-refractivity contribution in [2.45, 2.75) is 12.8 Å². The second-order valence-electron chi connectivity index (χ2n) is 5.83. The van der Waals surface area contributed by atoms with Gasteiger partial charge in [-0.2, -0.15) is 0 Å². The maximum Gasteiger partial charge on any atom is 0.224 e. The normalized spacial score (nSPS) is 12.6. The van der Waals surface area contributed by atoms with Crippen LogP contribution in [-0.2, 0) is 11.2 Å². The van der Waals surface area contributed by atoms with Crippen LogP contribution in [0.3, 0.4) is 0 Å². The molecule has 8 nitrogen and oxygen atoms in total. The van der Waals surface area contributed by atoms with Gasteiger partial charge in [0, 0.05) is 12.1 Å². The summed E-state index contributed by atoms with van der Waals surface area (Å²) in [5.74, 6) is 1.45. The van der Waals surface area contributed by atoms with Gasteiger partial charge in [0.05, 0.1) is 5.69 Å². The third kappa shape index (κ3) is 3.64. The summed E-state index contributed by atoms with van der Waals surface area (Å²) in [6.45, 7) is 1.12. The monoisotopic (exact) mass is 351 g/mol. The number of aromatic nitrogens is 4. The Hall–Kier alpha value is -3.42. The quantitative estimate of drug-likeness (QED) is 0.756. The summed E-state index contributed by atoms with van der Waals surface area (Å²) in [7, 11) is 0. The van der Waals surface area contributed by atoms with Crippen molar-refractivity contribution in [3.05, 3.63) is 54.4 Å². The van der Waals surface area contributed by atoms with E-state index in [9.17, 15) is 4.79 Å². The minimum absolute atomic E-state index is 0.0462. The zero-order chi connectivity index (χ0) is 17.8. The number of nitrogens with zero attached hydrogens (tertiary/aromatic N) is 4. The number of carbonyl (C=O) groups excluding carboxylic acids is 1. The number of hydrogen-bond acceptors (Lipinski definition) is 6. The predicted molar refractivity (Wildman–Crippen MR) is 93.5 cm³/mol. The number of tetrazole rings is 1. The first-order chi connectivity index (χ1) is 12.8. The lowest BCUT2D eigenvalue weighted by Crippen LogP contribution is -2.15. The largest absolute Gasteiger partial charge is 0.486 e. The van der Waals surface area contributed by atoms with Crippen LogP contribution in [0.4, 0.5) is 5.69 Å². The molecule has 8 heteroatoms. The Bertz CT molecular complexity index is 894. The number of fused-ring (bicyclic) bond motifs is 1. The minimum Gasteiger partial charge on any atom is -0.486 e. The van der Waals surface area contributed by atoms with Gasteiger partial charge < -0.3 is 14.8 Å². The Kier molecular flexibility index (Phi) is 4.46. The molecule has 4 rings (SSSR count). The molecule has 0 bridgehead atoms. The van der Waals surface area contributed by atoms with Crippen LogP contribution in [0.15, 0.2) is 48.8 Å². The number of hydrogen-bond donors (Lipinski definition) is 1. The molecule has 0 spiro atoms. The highest BCUT2D eigenvalue weighted by Crippen LogP contribution is 2.31. The molecule has 1 amide bonds. The zero-order valence-electron chi connectivity index (χ0n) is 14.0. The third-order valence-corrected chi connectivity index (χ3v) is 4.01. The highest BCUT2D eigenvalue weighted by Gasteiger charge is 2.12. The van der Waals surface area contributed by atoms with Crippen molar-refractivity contribution in [2.24, 2.45) is 0 Å². The molecule has 0 aliphatic carbocycles. The van der Waals surface area contributed by atoms with E-state index in [4.69, 9.17) is 9.47 Å². The molecule has 0 unspecified atom stereocenters. The summed E-state index contributed by atoms with van der Waals surface area (Å²) in [6, 6.07) is 13.1. The van der Waals surface area contributed by atoms with E-state index in [0.29, 0.717) is 26.1 Å². The summed E-state index contributed by atoms with van der Waals surface area (Å²) in [4.78, 5) is 12.2. The third-order valence-electron chi connectivity index (χ3n) is 4.01. The van der Waals surface area contributed by atoms with Crippen molar-refractivity contribution in [1.82, 2.24) is 20.2 Å². The summed E-state index contributed by atoms with van der Waals surface area (Å²) in [6.07, 6.45) is 2.53. The molecular weight excluding hydrogens is 334 g/mol. The van der Waals surface area contributed by atoms with Gasteiger partial charge in [-0.1, -0.05) is 6.07 Å². The Morgan fingerprint density at radius 2 is 1.88 bits per heavy atom. The Balaban J connectivity index is 1.32. The van der Waals surface area contributed by atoms with E-state index in [1.807, 2.05) is 42.5 Å². The zero-order valence-corrected chi connectivity index (χ0v) is 14.0. The summed E-state index contributed by atoms with van der Waals surface area (Å²) < 4.78 is 12.6. The molecular formula is C18H17N5O3. The van der Waals surface area contributed by atoms with Crippen LogP contribution in [0.5, 0.6) is 11.5 Å². The van der Waals surface area contributed by atoms with Crippen molar-refractivity contribution in [1.29, 1.82) is 0 Å². The van der Waals surface area contributed by atoms with Crippen LogP contribution in [0.25, 0.3) is 5.69 Å². The van der Waals surface area contributed by atoms with Gasteiger partial charge in [-0.3, -0.25) is 4.79 Å². The topological polar surface area (TPSA) is 91.2 Å². The highest BCUT2D eigenvalue weighted by molar-refractivity contribution is 5.90. The van der Waals surface area contributed by atoms with E-state index in [-0.39, 0.29) is 5.91 Å². The molecule has 1 aliphatic heterocycles. The first kappa shape index (κ1) is 16.1. The fourth-order valence-electron chi connectivity index (χ4n) is 2.70. The van der Waals surface area contributed by atoms with Crippen LogP contribution in [-0.4, -0.2) is 39.3 Å². The van der Waals surface area contributed by atoms with Crippen LogP contribution in [0.2, 0.25) is 0 Å². The van der Waals surface area contributed by atoms with E-state index in [0.717, 1.165) is 28.4 Å². The molecule has 1 aromatic heterocycles. The first-order valence-corrected chi connectivity index (χ1v) is 8.30. The van der Waals surface area contributed by atoms with Crippen molar-refractivity contribution in [2.75, 3.05) is 18.5 Å². The molecule has 3 aromatic rings. The van der Waals surface area contributed by atoms with Gasteiger partial charge in [-0.15, -0.1) is 5.10 Å². The number of anilines is 1. The lowest BCUT2D eigenvalue weighted by molar-refractivity contribution is -0.116. The Labute approximate surface area is 149 Å². The van der Waals surface area contributed by atoms with E-state index < -0.39 is 0 Å². The van der Waals surface area contributed by atoms with Crippen molar-refractivity contribution >= 4 is 11.6 Å². The van der Waals surface area contributed by atoms with Crippen molar-refractivity contribution in [3.63, 3.8) is 0 Å². The number of amides is 1.